The predicted molar refractivity (Wildman–Crippen MR) is 76.9 cm³/mol. The predicted octanol–water partition coefficient (Wildman–Crippen LogP) is 1.86. The van der Waals surface area contributed by atoms with Gasteiger partial charge in [-0.3, -0.25) is 9.78 Å². The van der Waals surface area contributed by atoms with E-state index in [1.54, 1.807) is 0 Å². The van der Waals surface area contributed by atoms with Crippen LogP contribution in [0.1, 0.15) is 10.4 Å². The second-order valence-corrected chi connectivity index (χ2v) is 6.09. The summed E-state index contributed by atoms with van der Waals surface area (Å²) in [4.78, 5) is 15.7. The molecular formula is C13H11ClN2O4S. The highest BCUT2D eigenvalue weighted by atomic mass is 35.5. The van der Waals surface area contributed by atoms with E-state index in [2.05, 4.69) is 4.98 Å². The fourth-order valence-electron chi connectivity index (χ4n) is 1.59. The molecule has 2 rings (SSSR count). The number of hydrogen-bond acceptors (Lipinski definition) is 5. The lowest BCUT2D eigenvalue weighted by atomic mass is 10.2. The number of hydrogen-bond donors (Lipinski definition) is 1. The maximum absolute atomic E-state index is 12.1. The molecule has 0 radical (unpaired) electrons. The molecular weight excluding hydrogens is 316 g/mol. The fraction of sp³-hybridized carbons (Fsp3) is 0.0769. The molecule has 1 amide bonds. The number of rotatable bonds is 4. The van der Waals surface area contributed by atoms with Crippen molar-refractivity contribution in [3.63, 3.8) is 0 Å². The van der Waals surface area contributed by atoms with Crippen molar-refractivity contribution in [2.24, 2.45) is 0 Å². The van der Waals surface area contributed by atoms with Crippen LogP contribution in [0, 0.1) is 0 Å². The second kappa shape index (κ2) is 6.11. The van der Waals surface area contributed by atoms with Crippen molar-refractivity contribution in [1.82, 2.24) is 9.71 Å². The van der Waals surface area contributed by atoms with Crippen molar-refractivity contribution in [1.29, 1.82) is 0 Å². The molecule has 2 aromatic rings. The number of pyridine rings is 1. The van der Waals surface area contributed by atoms with Crippen molar-refractivity contribution >= 4 is 27.5 Å². The van der Waals surface area contributed by atoms with Gasteiger partial charge in [0.25, 0.3) is 15.9 Å². The topological polar surface area (TPSA) is 85.4 Å². The number of nitrogens with zero attached hydrogens (tertiary/aromatic N) is 1. The molecule has 0 atom stereocenters. The van der Waals surface area contributed by atoms with Gasteiger partial charge in [0.15, 0.2) is 0 Å². The highest BCUT2D eigenvalue weighted by Crippen LogP contribution is 2.23. The van der Waals surface area contributed by atoms with Gasteiger partial charge in [0.05, 0.1) is 12.7 Å². The Morgan fingerprint density at radius 1 is 1.33 bits per heavy atom. The van der Waals surface area contributed by atoms with Crippen molar-refractivity contribution in [2.45, 2.75) is 4.90 Å². The third-order valence-corrected chi connectivity index (χ3v) is 4.13. The van der Waals surface area contributed by atoms with Crippen molar-refractivity contribution in [3.05, 3.63) is 53.3 Å². The first-order chi connectivity index (χ1) is 9.94. The van der Waals surface area contributed by atoms with Gasteiger partial charge in [-0.1, -0.05) is 11.6 Å². The minimum Gasteiger partial charge on any atom is -0.496 e. The second-order valence-electron chi connectivity index (χ2n) is 3.97. The van der Waals surface area contributed by atoms with Crippen LogP contribution in [-0.4, -0.2) is 26.4 Å². The van der Waals surface area contributed by atoms with E-state index in [-0.39, 0.29) is 16.2 Å². The molecule has 21 heavy (non-hydrogen) atoms. The van der Waals surface area contributed by atoms with Gasteiger partial charge in [-0.15, -0.1) is 0 Å². The van der Waals surface area contributed by atoms with Gasteiger partial charge in [0.2, 0.25) is 0 Å². The van der Waals surface area contributed by atoms with E-state index >= 15 is 0 Å². The van der Waals surface area contributed by atoms with Crippen LogP contribution in [0.25, 0.3) is 0 Å². The van der Waals surface area contributed by atoms with E-state index in [1.807, 2.05) is 4.72 Å². The van der Waals surface area contributed by atoms with Crippen molar-refractivity contribution in [3.8, 4) is 5.75 Å². The molecule has 0 spiro atoms. The lowest BCUT2D eigenvalue weighted by molar-refractivity contribution is 0.0978. The SMILES string of the molecule is COc1cc(Cl)ccc1C(=O)NS(=O)(=O)c1cccnc1. The Bertz CT molecular complexity index is 763. The van der Waals surface area contributed by atoms with Gasteiger partial charge in [0.1, 0.15) is 10.6 Å². The van der Waals surface area contributed by atoms with Crippen molar-refractivity contribution in [2.75, 3.05) is 7.11 Å². The highest BCUT2D eigenvalue weighted by Gasteiger charge is 2.21. The normalized spacial score (nSPS) is 11.0. The Kier molecular flexibility index (Phi) is 4.44. The largest absolute Gasteiger partial charge is 0.496 e. The number of amides is 1. The summed E-state index contributed by atoms with van der Waals surface area (Å²) >= 11 is 5.79. The summed E-state index contributed by atoms with van der Waals surface area (Å²) in [7, 11) is -2.63. The van der Waals surface area contributed by atoms with Gasteiger partial charge in [-0.2, -0.15) is 0 Å². The maximum Gasteiger partial charge on any atom is 0.268 e. The van der Waals surface area contributed by atoms with E-state index in [4.69, 9.17) is 16.3 Å². The smallest absolute Gasteiger partial charge is 0.268 e. The summed E-state index contributed by atoms with van der Waals surface area (Å²) in [6.07, 6.45) is 2.58. The minimum atomic E-state index is -3.99. The monoisotopic (exact) mass is 326 g/mol. The summed E-state index contributed by atoms with van der Waals surface area (Å²) < 4.78 is 31.1. The molecule has 1 N–H and O–H groups in total. The van der Waals surface area contributed by atoms with Crippen LogP contribution in [0.15, 0.2) is 47.6 Å². The molecule has 0 saturated heterocycles. The van der Waals surface area contributed by atoms with Gasteiger partial charge in [0, 0.05) is 17.4 Å². The Hall–Kier alpha value is -2.12. The van der Waals surface area contributed by atoms with Gasteiger partial charge in [-0.25, -0.2) is 13.1 Å². The van der Waals surface area contributed by atoms with Gasteiger partial charge >= 0.3 is 0 Å². The van der Waals surface area contributed by atoms with Gasteiger partial charge in [-0.05, 0) is 30.3 Å². The zero-order valence-corrected chi connectivity index (χ0v) is 12.5. The van der Waals surface area contributed by atoms with Crippen LogP contribution in [0.5, 0.6) is 5.75 Å². The molecule has 6 nitrogen and oxygen atoms in total. The maximum atomic E-state index is 12.1. The average molecular weight is 327 g/mol. The molecule has 0 aliphatic heterocycles. The number of halogens is 1. The number of benzene rings is 1. The molecule has 110 valence electrons. The first kappa shape index (κ1) is 15.3. The molecule has 0 unspecified atom stereocenters. The number of carbonyl (C=O) groups is 1. The van der Waals surface area contributed by atoms with Gasteiger partial charge < -0.3 is 4.74 Å². The van der Waals surface area contributed by atoms with E-state index in [0.717, 1.165) is 6.20 Å². The summed E-state index contributed by atoms with van der Waals surface area (Å²) in [5.41, 5.74) is 0.0642. The number of aromatic nitrogens is 1. The van der Waals surface area contributed by atoms with Crippen LogP contribution < -0.4 is 9.46 Å². The van der Waals surface area contributed by atoms with E-state index in [1.165, 1.54) is 43.6 Å². The number of ether oxygens (including phenoxy) is 1. The Labute approximate surface area is 126 Å². The number of methoxy groups -OCH3 is 1. The molecule has 1 aromatic heterocycles. The third-order valence-electron chi connectivity index (χ3n) is 2.58. The lowest BCUT2D eigenvalue weighted by Gasteiger charge is -2.10. The van der Waals surface area contributed by atoms with Crippen LogP contribution in [0.4, 0.5) is 0 Å². The molecule has 0 aliphatic carbocycles. The quantitative estimate of drug-likeness (QED) is 0.927. The van der Waals surface area contributed by atoms with Crippen molar-refractivity contribution < 1.29 is 17.9 Å². The first-order valence-corrected chi connectivity index (χ1v) is 7.61. The number of sulfonamides is 1. The average Bonchev–Trinajstić information content (AvgIpc) is 2.47. The molecule has 8 heteroatoms. The summed E-state index contributed by atoms with van der Waals surface area (Å²) in [5, 5.41) is 0.374. The molecule has 0 bridgehead atoms. The van der Waals surface area contributed by atoms with E-state index in [9.17, 15) is 13.2 Å². The summed E-state index contributed by atoms with van der Waals surface area (Å²) in [6.45, 7) is 0. The minimum absolute atomic E-state index is 0.0642. The Balaban J connectivity index is 2.30. The summed E-state index contributed by atoms with van der Waals surface area (Å²) in [5.74, 6) is -0.631. The molecule has 0 saturated carbocycles. The van der Waals surface area contributed by atoms with Crippen LogP contribution in [0.2, 0.25) is 5.02 Å². The first-order valence-electron chi connectivity index (χ1n) is 5.75. The van der Waals surface area contributed by atoms with E-state index < -0.39 is 15.9 Å². The Morgan fingerprint density at radius 3 is 2.71 bits per heavy atom. The zero-order chi connectivity index (χ0) is 15.5. The third kappa shape index (κ3) is 3.50. The molecule has 0 fully saturated rings. The molecule has 1 aromatic carbocycles. The summed E-state index contributed by atoms with van der Waals surface area (Å²) in [6, 6.07) is 7.07. The zero-order valence-electron chi connectivity index (χ0n) is 10.9. The number of carbonyl (C=O) groups excluding carboxylic acids is 1. The highest BCUT2D eigenvalue weighted by molar-refractivity contribution is 7.90. The fourth-order valence-corrected chi connectivity index (χ4v) is 2.69. The number of nitrogens with one attached hydrogen (secondary N) is 1. The van der Waals surface area contributed by atoms with Crippen LogP contribution in [-0.2, 0) is 10.0 Å². The lowest BCUT2D eigenvalue weighted by Crippen LogP contribution is -2.30. The standard InChI is InChI=1S/C13H11ClN2O4S/c1-20-12-7-9(14)4-5-11(12)13(17)16-21(18,19)10-3-2-6-15-8-10/h2-8H,1H3,(H,16,17). The van der Waals surface area contributed by atoms with Crippen LogP contribution >= 0.6 is 11.6 Å². The molecule has 1 heterocycles. The Morgan fingerprint density at radius 2 is 2.10 bits per heavy atom. The van der Waals surface area contributed by atoms with E-state index in [0.29, 0.717) is 5.02 Å². The molecule has 0 aliphatic rings. The van der Waals surface area contributed by atoms with Crippen LogP contribution in [0.3, 0.4) is 0 Å².